The van der Waals surface area contributed by atoms with Crippen molar-refractivity contribution in [1.82, 2.24) is 10.2 Å². The van der Waals surface area contributed by atoms with E-state index >= 15 is 0 Å². The fourth-order valence-corrected chi connectivity index (χ4v) is 4.76. The fourth-order valence-electron chi connectivity index (χ4n) is 4.29. The first kappa shape index (κ1) is 24.6. The predicted molar refractivity (Wildman–Crippen MR) is 129 cm³/mol. The zero-order chi connectivity index (χ0) is 24.0. The summed E-state index contributed by atoms with van der Waals surface area (Å²) >= 11 is 1.55. The molecule has 33 heavy (non-hydrogen) atoms. The number of fused-ring (bicyclic) bond motifs is 3. The number of ether oxygens (including phenoxy) is 1. The molecule has 176 valence electrons. The minimum Gasteiger partial charge on any atom is -0.480 e. The Morgan fingerprint density at radius 3 is 2.18 bits per heavy atom. The number of likely N-dealkylation sites (N-methyl/N-ethyl adjacent to an activating group) is 1. The number of hydrogen-bond acceptors (Lipinski definition) is 5. The molecule has 0 aliphatic heterocycles. The maximum atomic E-state index is 13.0. The fraction of sp³-hybridized carbons (Fsp3) is 0.400. The third kappa shape index (κ3) is 5.50. The van der Waals surface area contributed by atoms with Crippen LogP contribution in [0, 0.1) is 0 Å². The van der Waals surface area contributed by atoms with Crippen LogP contribution in [0.5, 0.6) is 0 Å². The number of nitrogens with one attached hydrogen (secondary N) is 1. The number of carbonyl (C=O) groups excluding carboxylic acids is 2. The summed E-state index contributed by atoms with van der Waals surface area (Å²) in [5.41, 5.74) is 4.48. The van der Waals surface area contributed by atoms with Gasteiger partial charge in [-0.05, 0) is 47.1 Å². The van der Waals surface area contributed by atoms with Crippen LogP contribution in [-0.2, 0) is 14.3 Å². The average Bonchev–Trinajstić information content (AvgIpc) is 3.13. The summed E-state index contributed by atoms with van der Waals surface area (Å²) in [7, 11) is 1.45. The van der Waals surface area contributed by atoms with Crippen LogP contribution in [0.15, 0.2) is 48.5 Å². The van der Waals surface area contributed by atoms with Gasteiger partial charge in [-0.1, -0.05) is 55.5 Å². The molecule has 0 bridgehead atoms. The Bertz CT molecular complexity index is 966. The molecule has 2 unspecified atom stereocenters. The standard InChI is InChI=1S/C25H30N2O5S/c1-4-22(24(29)30)27(2)23(28)21(13-14-33-3)26-25(31)32-15-20-18-11-7-5-9-16(18)17-10-6-8-12-19(17)20/h5-12,20-22H,4,13-15H2,1-3H3,(H,26,31)(H,29,30). The van der Waals surface area contributed by atoms with Gasteiger partial charge in [0.25, 0.3) is 0 Å². The third-order valence-corrected chi connectivity index (χ3v) is 6.68. The van der Waals surface area contributed by atoms with Crippen molar-refractivity contribution in [3.8, 4) is 11.1 Å². The third-order valence-electron chi connectivity index (χ3n) is 6.03. The summed E-state index contributed by atoms with van der Waals surface area (Å²) in [4.78, 5) is 38.3. The zero-order valence-corrected chi connectivity index (χ0v) is 19.9. The highest BCUT2D eigenvalue weighted by molar-refractivity contribution is 7.98. The van der Waals surface area contributed by atoms with Crippen molar-refractivity contribution in [2.45, 2.75) is 37.8 Å². The molecule has 1 aliphatic carbocycles. The summed E-state index contributed by atoms with van der Waals surface area (Å²) in [6.07, 6.45) is 1.88. The number of alkyl carbamates (subject to hydrolysis) is 1. The van der Waals surface area contributed by atoms with Crippen LogP contribution < -0.4 is 5.32 Å². The van der Waals surface area contributed by atoms with E-state index in [1.54, 1.807) is 18.7 Å². The number of carboxylic acid groups (broad SMARTS) is 1. The first-order valence-corrected chi connectivity index (χ1v) is 12.4. The molecule has 0 spiro atoms. The normalized spacial score (nSPS) is 14.0. The first-order chi connectivity index (χ1) is 15.9. The number of carboxylic acids is 1. The number of rotatable bonds is 10. The van der Waals surface area contributed by atoms with Gasteiger partial charge >= 0.3 is 12.1 Å². The van der Waals surface area contributed by atoms with E-state index in [-0.39, 0.29) is 18.9 Å². The number of nitrogens with zero attached hydrogens (tertiary/aromatic N) is 1. The smallest absolute Gasteiger partial charge is 0.407 e. The SMILES string of the molecule is CCC(C(=O)O)N(C)C(=O)C(CCSC)NC(=O)OCC1c2ccccc2-c2ccccc21. The lowest BCUT2D eigenvalue weighted by molar-refractivity contribution is -0.149. The molecular formula is C25H30N2O5S. The van der Waals surface area contributed by atoms with Gasteiger partial charge in [0.1, 0.15) is 18.7 Å². The number of amides is 2. The second-order valence-electron chi connectivity index (χ2n) is 8.02. The Labute approximate surface area is 198 Å². The molecule has 2 aromatic carbocycles. The summed E-state index contributed by atoms with van der Waals surface area (Å²) in [6, 6.07) is 14.3. The van der Waals surface area contributed by atoms with Crippen LogP contribution >= 0.6 is 11.8 Å². The topological polar surface area (TPSA) is 95.9 Å². The largest absolute Gasteiger partial charge is 0.480 e. The minimum atomic E-state index is -1.07. The Kier molecular flexibility index (Phi) is 8.38. The number of aliphatic carboxylic acids is 1. The molecule has 2 N–H and O–H groups in total. The van der Waals surface area contributed by atoms with Crippen LogP contribution in [-0.4, -0.2) is 65.7 Å². The van der Waals surface area contributed by atoms with Crippen molar-refractivity contribution in [2.75, 3.05) is 25.7 Å². The number of carbonyl (C=O) groups is 3. The van der Waals surface area contributed by atoms with E-state index in [1.807, 2.05) is 42.7 Å². The summed E-state index contributed by atoms with van der Waals surface area (Å²) < 4.78 is 5.57. The van der Waals surface area contributed by atoms with Gasteiger partial charge in [-0.15, -0.1) is 0 Å². The van der Waals surface area contributed by atoms with Gasteiger partial charge in [-0.2, -0.15) is 11.8 Å². The summed E-state index contributed by atoms with van der Waals surface area (Å²) in [6.45, 7) is 1.85. The molecule has 0 saturated carbocycles. The van der Waals surface area contributed by atoms with E-state index in [9.17, 15) is 19.5 Å². The molecule has 0 aromatic heterocycles. The molecule has 7 nitrogen and oxygen atoms in total. The molecule has 1 aliphatic rings. The van der Waals surface area contributed by atoms with Crippen molar-refractivity contribution in [3.05, 3.63) is 59.7 Å². The van der Waals surface area contributed by atoms with Gasteiger partial charge in [0, 0.05) is 13.0 Å². The lowest BCUT2D eigenvalue weighted by Gasteiger charge is -2.28. The van der Waals surface area contributed by atoms with Crippen molar-refractivity contribution in [2.24, 2.45) is 0 Å². The highest BCUT2D eigenvalue weighted by Gasteiger charge is 2.32. The highest BCUT2D eigenvalue weighted by atomic mass is 32.2. The van der Waals surface area contributed by atoms with E-state index in [0.29, 0.717) is 12.2 Å². The summed E-state index contributed by atoms with van der Waals surface area (Å²) in [5.74, 6) is -0.954. The van der Waals surface area contributed by atoms with Gasteiger partial charge < -0.3 is 20.1 Å². The van der Waals surface area contributed by atoms with Crippen LogP contribution in [0.1, 0.15) is 36.8 Å². The monoisotopic (exact) mass is 470 g/mol. The summed E-state index contributed by atoms with van der Waals surface area (Å²) in [5, 5.41) is 12.1. The van der Waals surface area contributed by atoms with Crippen LogP contribution in [0.25, 0.3) is 11.1 Å². The quantitative estimate of drug-likeness (QED) is 0.546. The molecule has 3 rings (SSSR count). The number of benzene rings is 2. The Balaban J connectivity index is 1.69. The second kappa shape index (κ2) is 11.2. The Morgan fingerprint density at radius 2 is 1.67 bits per heavy atom. The molecule has 0 radical (unpaired) electrons. The van der Waals surface area contributed by atoms with Gasteiger partial charge in [-0.25, -0.2) is 9.59 Å². The van der Waals surface area contributed by atoms with Gasteiger partial charge in [0.05, 0.1) is 0 Å². The first-order valence-electron chi connectivity index (χ1n) is 11.0. The lowest BCUT2D eigenvalue weighted by atomic mass is 9.98. The van der Waals surface area contributed by atoms with Crippen LogP contribution in [0.3, 0.4) is 0 Å². The molecule has 0 heterocycles. The van der Waals surface area contributed by atoms with E-state index < -0.39 is 30.1 Å². The van der Waals surface area contributed by atoms with E-state index in [2.05, 4.69) is 17.4 Å². The lowest BCUT2D eigenvalue weighted by Crippen LogP contribution is -2.52. The molecule has 0 fully saturated rings. The maximum absolute atomic E-state index is 13.0. The van der Waals surface area contributed by atoms with Crippen molar-refractivity contribution in [1.29, 1.82) is 0 Å². The van der Waals surface area contributed by atoms with E-state index in [1.165, 1.54) is 11.9 Å². The van der Waals surface area contributed by atoms with Gasteiger partial charge in [0.15, 0.2) is 0 Å². The van der Waals surface area contributed by atoms with Gasteiger partial charge in [0.2, 0.25) is 5.91 Å². The molecule has 0 saturated heterocycles. The van der Waals surface area contributed by atoms with Gasteiger partial charge in [-0.3, -0.25) is 4.79 Å². The van der Waals surface area contributed by atoms with E-state index in [0.717, 1.165) is 22.3 Å². The second-order valence-corrected chi connectivity index (χ2v) is 9.00. The molecule has 2 amide bonds. The predicted octanol–water partition coefficient (Wildman–Crippen LogP) is 3.97. The highest BCUT2D eigenvalue weighted by Crippen LogP contribution is 2.44. The average molecular weight is 471 g/mol. The number of hydrogen-bond donors (Lipinski definition) is 2. The minimum absolute atomic E-state index is 0.0809. The zero-order valence-electron chi connectivity index (χ0n) is 19.1. The number of thioether (sulfide) groups is 1. The van der Waals surface area contributed by atoms with E-state index in [4.69, 9.17) is 4.74 Å². The van der Waals surface area contributed by atoms with Crippen LogP contribution in [0.2, 0.25) is 0 Å². The molecule has 8 heteroatoms. The molecular weight excluding hydrogens is 440 g/mol. The maximum Gasteiger partial charge on any atom is 0.407 e. The van der Waals surface area contributed by atoms with Crippen molar-refractivity contribution < 1.29 is 24.2 Å². The van der Waals surface area contributed by atoms with Crippen molar-refractivity contribution in [3.63, 3.8) is 0 Å². The molecule has 2 atom stereocenters. The molecule has 2 aromatic rings. The van der Waals surface area contributed by atoms with Crippen molar-refractivity contribution >= 4 is 29.7 Å². The Morgan fingerprint density at radius 1 is 1.09 bits per heavy atom. The van der Waals surface area contributed by atoms with Crippen LogP contribution in [0.4, 0.5) is 4.79 Å². The Hall–Kier alpha value is -3.00.